The molecule has 0 saturated heterocycles. The second-order valence-electron chi connectivity index (χ2n) is 4.97. The maximum atomic E-state index is 9.63. The first kappa shape index (κ1) is 13.5. The quantitative estimate of drug-likeness (QED) is 0.904. The number of aromatic hydroxyl groups is 1. The summed E-state index contributed by atoms with van der Waals surface area (Å²) in [5.41, 5.74) is 0.687. The molecule has 4 nitrogen and oxygen atoms in total. The van der Waals surface area contributed by atoms with Gasteiger partial charge in [-0.1, -0.05) is 13.8 Å². The van der Waals surface area contributed by atoms with Crippen LogP contribution in [-0.4, -0.2) is 23.8 Å². The molecule has 1 aliphatic rings. The Labute approximate surface area is 114 Å². The maximum Gasteiger partial charge on any atom is 0.143 e. The van der Waals surface area contributed by atoms with Crippen LogP contribution in [0.2, 0.25) is 0 Å². The second kappa shape index (κ2) is 5.40. The zero-order valence-corrected chi connectivity index (χ0v) is 11.5. The first-order valence-corrected chi connectivity index (χ1v) is 6.78. The largest absolute Gasteiger partial charge is 0.508 e. The molecule has 0 spiro atoms. The average Bonchev–Trinajstić information content (AvgIpc) is 2.44. The third-order valence-electron chi connectivity index (χ3n) is 3.87. The van der Waals surface area contributed by atoms with Crippen molar-refractivity contribution in [1.29, 1.82) is 5.26 Å². The average molecular weight is 260 g/mol. The minimum Gasteiger partial charge on any atom is -0.508 e. The van der Waals surface area contributed by atoms with Crippen LogP contribution in [0, 0.1) is 11.3 Å². The second-order valence-corrected chi connectivity index (χ2v) is 4.97. The van der Waals surface area contributed by atoms with Gasteiger partial charge in [0.05, 0.1) is 24.7 Å². The summed E-state index contributed by atoms with van der Waals surface area (Å²) in [6, 6.07) is 7.34. The van der Waals surface area contributed by atoms with Gasteiger partial charge < -0.3 is 14.7 Å². The van der Waals surface area contributed by atoms with Crippen LogP contribution in [0.15, 0.2) is 18.2 Å². The maximum absolute atomic E-state index is 9.63. The highest BCUT2D eigenvalue weighted by Crippen LogP contribution is 2.41. The van der Waals surface area contributed by atoms with E-state index in [-0.39, 0.29) is 11.4 Å². The fraction of sp³-hybridized carbons (Fsp3) is 0.533. The van der Waals surface area contributed by atoms with Crippen molar-refractivity contribution in [1.82, 2.24) is 0 Å². The van der Waals surface area contributed by atoms with Crippen LogP contribution in [0.3, 0.4) is 0 Å². The Morgan fingerprint density at radius 1 is 1.42 bits per heavy atom. The molecule has 2 rings (SSSR count). The molecule has 0 amide bonds. The van der Waals surface area contributed by atoms with Crippen LogP contribution >= 0.6 is 0 Å². The summed E-state index contributed by atoms with van der Waals surface area (Å²) in [6.45, 7) is 5.67. The van der Waals surface area contributed by atoms with Crippen molar-refractivity contribution >= 4 is 5.69 Å². The molecule has 1 heterocycles. The highest BCUT2D eigenvalue weighted by Gasteiger charge is 2.36. The molecule has 0 aliphatic carbocycles. The van der Waals surface area contributed by atoms with E-state index in [1.165, 1.54) is 0 Å². The minimum atomic E-state index is -0.195. The van der Waals surface area contributed by atoms with E-state index in [0.29, 0.717) is 13.0 Å². The first-order valence-electron chi connectivity index (χ1n) is 6.78. The predicted molar refractivity (Wildman–Crippen MR) is 74.5 cm³/mol. The summed E-state index contributed by atoms with van der Waals surface area (Å²) >= 11 is 0. The van der Waals surface area contributed by atoms with Gasteiger partial charge in [0.1, 0.15) is 17.1 Å². The molecule has 1 N–H and O–H groups in total. The van der Waals surface area contributed by atoms with Crippen molar-refractivity contribution in [3.63, 3.8) is 0 Å². The van der Waals surface area contributed by atoms with Gasteiger partial charge in [-0.2, -0.15) is 5.26 Å². The van der Waals surface area contributed by atoms with Crippen molar-refractivity contribution in [2.75, 3.05) is 18.0 Å². The Kier molecular flexibility index (Phi) is 3.84. The van der Waals surface area contributed by atoms with Crippen LogP contribution in [0.25, 0.3) is 0 Å². The molecule has 4 heteroatoms. The van der Waals surface area contributed by atoms with Gasteiger partial charge in [-0.3, -0.25) is 0 Å². The van der Waals surface area contributed by atoms with E-state index in [1.54, 1.807) is 12.1 Å². The summed E-state index contributed by atoms with van der Waals surface area (Å²) in [5, 5.41) is 18.4. The lowest BCUT2D eigenvalue weighted by Crippen LogP contribution is -2.50. The monoisotopic (exact) mass is 260 g/mol. The lowest BCUT2D eigenvalue weighted by atomic mass is 9.94. The number of phenolic OH excluding ortho intramolecular Hbond substituents is 1. The standard InChI is InChI=1S/C15H20N2O2/c1-3-15(4-2)11-17(9-5-8-16)13-10-12(18)6-7-14(13)19-15/h6-7,10,18H,3-5,9,11H2,1-2H3. The Hall–Kier alpha value is -1.89. The Bertz CT molecular complexity index is 489. The van der Waals surface area contributed by atoms with Crippen molar-refractivity contribution in [3.05, 3.63) is 18.2 Å². The van der Waals surface area contributed by atoms with Crippen LogP contribution in [0.4, 0.5) is 5.69 Å². The van der Waals surface area contributed by atoms with Crippen LogP contribution in [0.5, 0.6) is 11.5 Å². The molecule has 1 aromatic carbocycles. The molecule has 1 aliphatic heterocycles. The normalized spacial score (nSPS) is 16.4. The summed E-state index contributed by atoms with van der Waals surface area (Å²) < 4.78 is 6.15. The van der Waals surface area contributed by atoms with E-state index in [1.807, 2.05) is 6.07 Å². The Balaban J connectivity index is 2.37. The Morgan fingerprint density at radius 2 is 2.16 bits per heavy atom. The molecule has 102 valence electrons. The lowest BCUT2D eigenvalue weighted by molar-refractivity contribution is 0.0575. The number of benzene rings is 1. The van der Waals surface area contributed by atoms with Crippen molar-refractivity contribution in [3.8, 4) is 17.6 Å². The molecular formula is C15H20N2O2. The molecule has 0 unspecified atom stereocenters. The first-order chi connectivity index (χ1) is 9.14. The van der Waals surface area contributed by atoms with Gasteiger partial charge in [0, 0.05) is 12.6 Å². The SMILES string of the molecule is CCC1(CC)CN(CCC#N)c2cc(O)ccc2O1. The number of hydrogen-bond donors (Lipinski definition) is 1. The number of rotatable bonds is 4. The third kappa shape index (κ3) is 2.60. The van der Waals surface area contributed by atoms with Crippen LogP contribution < -0.4 is 9.64 Å². The minimum absolute atomic E-state index is 0.195. The summed E-state index contributed by atoms with van der Waals surface area (Å²) in [6.07, 6.45) is 2.32. The predicted octanol–water partition coefficient (Wildman–Crippen LogP) is 3.06. The number of nitriles is 1. The van der Waals surface area contributed by atoms with Gasteiger partial charge in [-0.15, -0.1) is 0 Å². The number of nitrogens with zero attached hydrogens (tertiary/aromatic N) is 2. The number of anilines is 1. The lowest BCUT2D eigenvalue weighted by Gasteiger charge is -2.44. The number of fused-ring (bicyclic) bond motifs is 1. The van der Waals surface area contributed by atoms with Crippen molar-refractivity contribution in [2.24, 2.45) is 0 Å². The van der Waals surface area contributed by atoms with E-state index >= 15 is 0 Å². The smallest absolute Gasteiger partial charge is 0.143 e. The van der Waals surface area contributed by atoms with Gasteiger partial charge in [0.2, 0.25) is 0 Å². The molecule has 0 aromatic heterocycles. The van der Waals surface area contributed by atoms with Crippen LogP contribution in [-0.2, 0) is 0 Å². The van der Waals surface area contributed by atoms with E-state index in [2.05, 4.69) is 24.8 Å². The van der Waals surface area contributed by atoms with Gasteiger partial charge >= 0.3 is 0 Å². The van der Waals surface area contributed by atoms with E-state index in [9.17, 15) is 5.11 Å². The summed E-state index contributed by atoms with van der Waals surface area (Å²) in [4.78, 5) is 2.15. The highest BCUT2D eigenvalue weighted by molar-refractivity contribution is 5.63. The zero-order valence-electron chi connectivity index (χ0n) is 11.5. The van der Waals surface area contributed by atoms with Gasteiger partial charge in [0.15, 0.2) is 0 Å². The van der Waals surface area contributed by atoms with Gasteiger partial charge in [0.25, 0.3) is 0 Å². The van der Waals surface area contributed by atoms with Gasteiger partial charge in [-0.05, 0) is 25.0 Å². The molecule has 0 bridgehead atoms. The van der Waals surface area contributed by atoms with E-state index in [4.69, 9.17) is 10.00 Å². The fourth-order valence-corrected chi connectivity index (χ4v) is 2.54. The van der Waals surface area contributed by atoms with Crippen molar-refractivity contribution in [2.45, 2.75) is 38.7 Å². The van der Waals surface area contributed by atoms with Gasteiger partial charge in [-0.25, -0.2) is 0 Å². The summed E-state index contributed by atoms with van der Waals surface area (Å²) in [5.74, 6) is 1.02. The Morgan fingerprint density at radius 3 is 2.79 bits per heavy atom. The van der Waals surface area contributed by atoms with Crippen LogP contribution in [0.1, 0.15) is 33.1 Å². The van der Waals surface area contributed by atoms with E-state index in [0.717, 1.165) is 30.8 Å². The topological polar surface area (TPSA) is 56.5 Å². The van der Waals surface area contributed by atoms with E-state index < -0.39 is 0 Å². The zero-order chi connectivity index (χ0) is 13.9. The molecule has 0 saturated carbocycles. The number of phenols is 1. The number of hydrogen-bond acceptors (Lipinski definition) is 4. The molecule has 0 fully saturated rings. The third-order valence-corrected chi connectivity index (χ3v) is 3.87. The molecular weight excluding hydrogens is 240 g/mol. The molecule has 0 radical (unpaired) electrons. The fourth-order valence-electron chi connectivity index (χ4n) is 2.54. The summed E-state index contributed by atoms with van der Waals surface area (Å²) in [7, 11) is 0. The van der Waals surface area contributed by atoms with Crippen molar-refractivity contribution < 1.29 is 9.84 Å². The molecule has 0 atom stereocenters. The number of ether oxygens (including phenoxy) is 1. The molecule has 19 heavy (non-hydrogen) atoms. The molecule has 1 aromatic rings. The highest BCUT2D eigenvalue weighted by atomic mass is 16.5.